The first-order chi connectivity index (χ1) is 16.8. The Balaban J connectivity index is 1.38. The van der Waals surface area contributed by atoms with E-state index >= 15 is 0 Å². The molecule has 0 aromatic heterocycles. The van der Waals surface area contributed by atoms with E-state index in [9.17, 15) is 0 Å². The molecular weight excluding hydrogens is 408 g/mol. The van der Waals surface area contributed by atoms with E-state index in [0.717, 1.165) is 0 Å². The molecule has 0 bridgehead atoms. The molecule has 7 aromatic carbocycles. The lowest BCUT2D eigenvalue weighted by atomic mass is 9.92. The summed E-state index contributed by atoms with van der Waals surface area (Å²) < 4.78 is 0. The molecule has 0 saturated carbocycles. The minimum absolute atomic E-state index is 1.26. The number of hydrogen-bond acceptors (Lipinski definition) is 0. The maximum atomic E-state index is 2.33. The minimum atomic E-state index is 1.26. The van der Waals surface area contributed by atoms with Gasteiger partial charge in [-0.15, -0.1) is 0 Å². The molecule has 0 atom stereocenters. The van der Waals surface area contributed by atoms with Gasteiger partial charge in [0, 0.05) is 0 Å². The number of fused-ring (bicyclic) bond motifs is 5. The zero-order valence-electron chi connectivity index (χ0n) is 18.7. The van der Waals surface area contributed by atoms with Gasteiger partial charge in [0.05, 0.1) is 0 Å². The van der Waals surface area contributed by atoms with Gasteiger partial charge in [-0.05, 0) is 77.5 Å². The van der Waals surface area contributed by atoms with Gasteiger partial charge in [0.25, 0.3) is 0 Å². The largest absolute Gasteiger partial charge is 0.0616 e. The maximum Gasteiger partial charge on any atom is -0.0105 e. The number of hydrogen-bond donors (Lipinski definition) is 0. The van der Waals surface area contributed by atoms with Crippen LogP contribution in [0.5, 0.6) is 0 Å². The van der Waals surface area contributed by atoms with Crippen molar-refractivity contribution < 1.29 is 0 Å². The van der Waals surface area contributed by atoms with Gasteiger partial charge in [-0.3, -0.25) is 0 Å². The fourth-order valence-corrected chi connectivity index (χ4v) is 5.36. The third kappa shape index (κ3) is 3.00. The summed E-state index contributed by atoms with van der Waals surface area (Å²) >= 11 is 0. The number of benzene rings is 7. The SMILES string of the molecule is c1ccc2c(-c3ccc4c(ccc5cc(-c6cccc7ccccc67)ccc54)c3)cccc2c1. The van der Waals surface area contributed by atoms with Crippen LogP contribution >= 0.6 is 0 Å². The van der Waals surface area contributed by atoms with Crippen LogP contribution in [0, 0.1) is 0 Å². The number of rotatable bonds is 2. The quantitative estimate of drug-likeness (QED) is 0.239. The third-order valence-corrected chi connectivity index (χ3v) is 7.04. The lowest BCUT2D eigenvalue weighted by molar-refractivity contribution is 1.67. The van der Waals surface area contributed by atoms with E-state index in [1.807, 2.05) is 0 Å². The summed E-state index contributed by atoms with van der Waals surface area (Å²) in [7, 11) is 0. The Morgan fingerprint density at radius 2 is 0.706 bits per heavy atom. The average molecular weight is 431 g/mol. The first-order valence-electron chi connectivity index (χ1n) is 11.8. The van der Waals surface area contributed by atoms with Crippen molar-refractivity contribution in [3.8, 4) is 22.3 Å². The van der Waals surface area contributed by atoms with E-state index in [2.05, 4.69) is 133 Å². The molecule has 0 saturated heterocycles. The van der Waals surface area contributed by atoms with E-state index in [4.69, 9.17) is 0 Å². The Bertz CT molecular complexity index is 1710. The minimum Gasteiger partial charge on any atom is -0.0616 e. The van der Waals surface area contributed by atoms with Crippen molar-refractivity contribution in [1.82, 2.24) is 0 Å². The molecule has 0 spiro atoms. The molecule has 0 heterocycles. The molecule has 0 radical (unpaired) electrons. The molecular formula is C34H22. The molecule has 0 aliphatic rings. The molecule has 0 heteroatoms. The van der Waals surface area contributed by atoms with Crippen molar-refractivity contribution in [3.63, 3.8) is 0 Å². The van der Waals surface area contributed by atoms with Crippen LogP contribution in [-0.4, -0.2) is 0 Å². The zero-order chi connectivity index (χ0) is 22.5. The normalized spacial score (nSPS) is 11.5. The van der Waals surface area contributed by atoms with Crippen LogP contribution in [-0.2, 0) is 0 Å². The van der Waals surface area contributed by atoms with Gasteiger partial charge >= 0.3 is 0 Å². The highest BCUT2D eigenvalue weighted by Gasteiger charge is 2.09. The predicted molar refractivity (Wildman–Crippen MR) is 147 cm³/mol. The van der Waals surface area contributed by atoms with Crippen molar-refractivity contribution in [2.75, 3.05) is 0 Å². The zero-order valence-corrected chi connectivity index (χ0v) is 18.7. The average Bonchev–Trinajstić information content (AvgIpc) is 2.91. The van der Waals surface area contributed by atoms with Crippen molar-refractivity contribution in [2.45, 2.75) is 0 Å². The van der Waals surface area contributed by atoms with Gasteiger partial charge in [0.15, 0.2) is 0 Å². The first kappa shape index (κ1) is 19.1. The van der Waals surface area contributed by atoms with Gasteiger partial charge in [-0.25, -0.2) is 0 Å². The summed E-state index contributed by atoms with van der Waals surface area (Å²) in [6, 6.07) is 48.6. The lowest BCUT2D eigenvalue weighted by Gasteiger charge is -2.11. The topological polar surface area (TPSA) is 0 Å². The van der Waals surface area contributed by atoms with Crippen molar-refractivity contribution >= 4 is 43.1 Å². The van der Waals surface area contributed by atoms with Crippen LogP contribution in [0.1, 0.15) is 0 Å². The maximum absolute atomic E-state index is 2.33. The van der Waals surface area contributed by atoms with Crippen LogP contribution in [0.25, 0.3) is 65.3 Å². The third-order valence-electron chi connectivity index (χ3n) is 7.04. The standard InChI is InChI=1S/C34H22/c1-3-11-29-23(7-1)9-5-13-31(29)27-17-19-33-25(21-27)15-16-26-22-28(18-20-34(26)33)32-14-6-10-24-8-2-4-12-30(24)32/h1-22H. The Hall–Kier alpha value is -4.42. The van der Waals surface area contributed by atoms with Crippen LogP contribution in [0.15, 0.2) is 133 Å². The van der Waals surface area contributed by atoms with Gasteiger partial charge < -0.3 is 0 Å². The van der Waals surface area contributed by atoms with Crippen molar-refractivity contribution in [3.05, 3.63) is 133 Å². The van der Waals surface area contributed by atoms with Gasteiger partial charge in [0.2, 0.25) is 0 Å². The predicted octanol–water partition coefficient (Wildman–Crippen LogP) is 9.63. The fourth-order valence-electron chi connectivity index (χ4n) is 5.36. The van der Waals surface area contributed by atoms with E-state index in [1.165, 1.54) is 65.3 Å². The van der Waals surface area contributed by atoms with Gasteiger partial charge in [-0.1, -0.05) is 121 Å². The molecule has 0 fully saturated rings. The summed E-state index contributed by atoms with van der Waals surface area (Å²) in [5.74, 6) is 0. The molecule has 0 unspecified atom stereocenters. The van der Waals surface area contributed by atoms with Gasteiger partial charge in [0.1, 0.15) is 0 Å². The highest BCUT2D eigenvalue weighted by Crippen LogP contribution is 2.35. The summed E-state index contributed by atoms with van der Waals surface area (Å²) in [6.07, 6.45) is 0. The molecule has 0 amide bonds. The van der Waals surface area contributed by atoms with Crippen LogP contribution < -0.4 is 0 Å². The van der Waals surface area contributed by atoms with Gasteiger partial charge in [-0.2, -0.15) is 0 Å². The van der Waals surface area contributed by atoms with E-state index < -0.39 is 0 Å². The first-order valence-corrected chi connectivity index (χ1v) is 11.8. The highest BCUT2D eigenvalue weighted by atomic mass is 14.1. The molecule has 0 nitrogen and oxygen atoms in total. The molecule has 0 aliphatic heterocycles. The molecule has 0 aliphatic carbocycles. The summed E-state index contributed by atoms with van der Waals surface area (Å²) in [5, 5.41) is 10.3. The monoisotopic (exact) mass is 430 g/mol. The molecule has 158 valence electrons. The molecule has 0 N–H and O–H groups in total. The summed E-state index contributed by atoms with van der Waals surface area (Å²) in [5.41, 5.74) is 5.09. The molecule has 34 heavy (non-hydrogen) atoms. The second-order valence-electron chi connectivity index (χ2n) is 8.99. The Morgan fingerprint density at radius 3 is 1.21 bits per heavy atom. The van der Waals surface area contributed by atoms with E-state index in [0.29, 0.717) is 0 Å². The Morgan fingerprint density at radius 1 is 0.265 bits per heavy atom. The van der Waals surface area contributed by atoms with E-state index in [1.54, 1.807) is 0 Å². The second kappa shape index (κ2) is 7.57. The van der Waals surface area contributed by atoms with Crippen LogP contribution in [0.4, 0.5) is 0 Å². The summed E-state index contributed by atoms with van der Waals surface area (Å²) in [6.45, 7) is 0. The molecule has 7 aromatic rings. The van der Waals surface area contributed by atoms with Crippen molar-refractivity contribution in [1.29, 1.82) is 0 Å². The van der Waals surface area contributed by atoms with Crippen LogP contribution in [0.2, 0.25) is 0 Å². The van der Waals surface area contributed by atoms with E-state index in [-0.39, 0.29) is 0 Å². The molecule has 7 rings (SSSR count). The Kier molecular flexibility index (Phi) is 4.25. The Labute approximate surface area is 198 Å². The highest BCUT2D eigenvalue weighted by molar-refractivity contribution is 6.11. The summed E-state index contributed by atoms with van der Waals surface area (Å²) in [4.78, 5) is 0. The second-order valence-corrected chi connectivity index (χ2v) is 8.99. The van der Waals surface area contributed by atoms with Crippen LogP contribution in [0.3, 0.4) is 0 Å². The van der Waals surface area contributed by atoms with Crippen molar-refractivity contribution in [2.24, 2.45) is 0 Å². The fraction of sp³-hybridized carbons (Fsp3) is 0. The smallest absolute Gasteiger partial charge is 0.0105 e. The lowest BCUT2D eigenvalue weighted by Crippen LogP contribution is -1.85.